The lowest BCUT2D eigenvalue weighted by Gasteiger charge is -2.39. The average molecular weight is 252 g/mol. The molecular weight excluding hydrogens is 231 g/mol. The Kier molecular flexibility index (Phi) is 3.59. The molecule has 0 amide bonds. The van der Waals surface area contributed by atoms with E-state index in [4.69, 9.17) is 5.73 Å². The Morgan fingerprint density at radius 1 is 1.50 bits per heavy atom. The number of nitrogens with two attached hydrogens (primary N) is 1. The van der Waals surface area contributed by atoms with Crippen molar-refractivity contribution in [2.24, 2.45) is 5.73 Å². The van der Waals surface area contributed by atoms with E-state index in [2.05, 4.69) is 0 Å². The van der Waals surface area contributed by atoms with E-state index in [1.807, 2.05) is 17.9 Å². The highest BCUT2D eigenvalue weighted by Crippen LogP contribution is 2.32. The van der Waals surface area contributed by atoms with Gasteiger partial charge in [0, 0.05) is 30.4 Å². The second kappa shape index (κ2) is 4.86. The summed E-state index contributed by atoms with van der Waals surface area (Å²) in [6.07, 6.45) is 1.69. The van der Waals surface area contributed by atoms with Crippen LogP contribution in [0.25, 0.3) is 0 Å². The molecule has 1 heterocycles. The Hall–Kier alpha value is -1.13. The number of halogens is 1. The van der Waals surface area contributed by atoms with Crippen molar-refractivity contribution >= 4 is 5.69 Å². The van der Waals surface area contributed by atoms with Crippen LogP contribution >= 0.6 is 0 Å². The lowest BCUT2D eigenvalue weighted by Crippen LogP contribution is -2.46. The number of benzene rings is 1. The molecule has 0 spiro atoms. The minimum Gasteiger partial charge on any atom is -0.388 e. The summed E-state index contributed by atoms with van der Waals surface area (Å²) in [5.41, 5.74) is 6.50. The Morgan fingerprint density at radius 2 is 2.22 bits per heavy atom. The molecule has 1 unspecified atom stereocenters. The molecule has 3 nitrogen and oxygen atoms in total. The number of hydrogen-bond acceptors (Lipinski definition) is 3. The number of anilines is 1. The third-order valence-corrected chi connectivity index (χ3v) is 3.50. The maximum absolute atomic E-state index is 13.9. The maximum Gasteiger partial charge on any atom is 0.130 e. The molecule has 0 bridgehead atoms. The predicted octanol–water partition coefficient (Wildman–Crippen LogP) is 2.20. The molecule has 0 aromatic heterocycles. The molecular formula is C14H21FN2O. The third kappa shape index (κ3) is 2.65. The van der Waals surface area contributed by atoms with Crippen molar-refractivity contribution in [3.63, 3.8) is 0 Å². The van der Waals surface area contributed by atoms with E-state index in [0.29, 0.717) is 12.1 Å². The van der Waals surface area contributed by atoms with Crippen LogP contribution in [-0.4, -0.2) is 23.8 Å². The molecule has 100 valence electrons. The first kappa shape index (κ1) is 13.3. The zero-order valence-corrected chi connectivity index (χ0v) is 11.0. The molecule has 3 N–H and O–H groups in total. The van der Waals surface area contributed by atoms with Crippen LogP contribution in [0.1, 0.15) is 38.3 Å². The smallest absolute Gasteiger partial charge is 0.130 e. The van der Waals surface area contributed by atoms with Crippen molar-refractivity contribution < 1.29 is 9.50 Å². The highest BCUT2D eigenvalue weighted by molar-refractivity contribution is 5.56. The van der Waals surface area contributed by atoms with E-state index in [1.165, 1.54) is 6.07 Å². The van der Waals surface area contributed by atoms with Gasteiger partial charge in [-0.25, -0.2) is 4.39 Å². The second-order valence-corrected chi connectivity index (χ2v) is 5.48. The van der Waals surface area contributed by atoms with Crippen LogP contribution in [0.15, 0.2) is 18.2 Å². The minimum absolute atomic E-state index is 0.271. The zero-order chi connectivity index (χ0) is 13.3. The summed E-state index contributed by atoms with van der Waals surface area (Å²) in [5, 5.41) is 10.1. The molecule has 1 aliphatic rings. The quantitative estimate of drug-likeness (QED) is 0.848. The highest BCUT2D eigenvalue weighted by atomic mass is 19.1. The summed E-state index contributed by atoms with van der Waals surface area (Å²) in [6, 6.07) is 4.65. The van der Waals surface area contributed by atoms with Crippen LogP contribution in [0, 0.1) is 5.82 Å². The molecule has 1 fully saturated rings. The topological polar surface area (TPSA) is 49.5 Å². The monoisotopic (exact) mass is 252 g/mol. The summed E-state index contributed by atoms with van der Waals surface area (Å²) < 4.78 is 13.9. The van der Waals surface area contributed by atoms with E-state index >= 15 is 0 Å². The van der Waals surface area contributed by atoms with Gasteiger partial charge in [0.05, 0.1) is 5.60 Å². The number of aliphatic hydroxyl groups is 1. The van der Waals surface area contributed by atoms with Crippen molar-refractivity contribution in [1.82, 2.24) is 0 Å². The van der Waals surface area contributed by atoms with E-state index in [-0.39, 0.29) is 11.9 Å². The van der Waals surface area contributed by atoms with Gasteiger partial charge in [-0.05, 0) is 38.8 Å². The van der Waals surface area contributed by atoms with Gasteiger partial charge in [-0.15, -0.1) is 0 Å². The van der Waals surface area contributed by atoms with Gasteiger partial charge in [-0.1, -0.05) is 6.07 Å². The first-order chi connectivity index (χ1) is 8.41. The lowest BCUT2D eigenvalue weighted by molar-refractivity contribution is 0.0448. The molecule has 0 aliphatic carbocycles. The predicted molar refractivity (Wildman–Crippen MR) is 71.1 cm³/mol. The van der Waals surface area contributed by atoms with Gasteiger partial charge in [0.1, 0.15) is 5.82 Å². The van der Waals surface area contributed by atoms with Gasteiger partial charge in [-0.3, -0.25) is 0 Å². The number of rotatable bonds is 2. The van der Waals surface area contributed by atoms with Crippen LogP contribution < -0.4 is 10.6 Å². The first-order valence-electron chi connectivity index (χ1n) is 6.42. The SMILES string of the molecule is C[C@@H](N)c1c(F)cccc1N1CCCC(C)(O)C1. The van der Waals surface area contributed by atoms with Crippen LogP contribution in [0.5, 0.6) is 0 Å². The largest absolute Gasteiger partial charge is 0.388 e. The van der Waals surface area contributed by atoms with Crippen molar-refractivity contribution in [3.05, 3.63) is 29.6 Å². The Balaban J connectivity index is 2.36. The molecule has 18 heavy (non-hydrogen) atoms. The van der Waals surface area contributed by atoms with Crippen LogP contribution in [0.3, 0.4) is 0 Å². The fourth-order valence-corrected chi connectivity index (χ4v) is 2.68. The molecule has 0 radical (unpaired) electrons. The van der Waals surface area contributed by atoms with Gasteiger partial charge in [0.25, 0.3) is 0 Å². The van der Waals surface area contributed by atoms with Crippen LogP contribution in [0.4, 0.5) is 10.1 Å². The van der Waals surface area contributed by atoms with E-state index in [1.54, 1.807) is 13.0 Å². The fraction of sp³-hybridized carbons (Fsp3) is 0.571. The Labute approximate surface area is 107 Å². The highest BCUT2D eigenvalue weighted by Gasteiger charge is 2.30. The molecule has 0 saturated carbocycles. The van der Waals surface area contributed by atoms with Crippen molar-refractivity contribution in [2.75, 3.05) is 18.0 Å². The molecule has 4 heteroatoms. The number of hydrogen-bond donors (Lipinski definition) is 2. The number of nitrogens with zero attached hydrogens (tertiary/aromatic N) is 1. The molecule has 1 aliphatic heterocycles. The number of β-amino-alcohol motifs (C(OH)–C–C–N with tert-alkyl or cyclic N) is 1. The molecule has 1 aromatic rings. The summed E-state index contributed by atoms with van der Waals surface area (Å²) in [4.78, 5) is 2.03. The fourth-order valence-electron chi connectivity index (χ4n) is 2.68. The Morgan fingerprint density at radius 3 is 2.83 bits per heavy atom. The average Bonchev–Trinajstić information content (AvgIpc) is 2.26. The standard InChI is InChI=1S/C14H21FN2O/c1-10(16)13-11(15)5-3-6-12(13)17-8-4-7-14(2,18)9-17/h3,5-6,10,18H,4,7-9,16H2,1-2H3/t10-,14?/m1/s1. The van der Waals surface area contributed by atoms with Crippen LogP contribution in [-0.2, 0) is 0 Å². The summed E-state index contributed by atoms with van der Waals surface area (Å²) in [5.74, 6) is -0.271. The van der Waals surface area contributed by atoms with Crippen molar-refractivity contribution in [3.8, 4) is 0 Å². The van der Waals surface area contributed by atoms with E-state index in [0.717, 1.165) is 25.1 Å². The summed E-state index contributed by atoms with van der Waals surface area (Å²) >= 11 is 0. The summed E-state index contributed by atoms with van der Waals surface area (Å²) in [7, 11) is 0. The zero-order valence-electron chi connectivity index (χ0n) is 11.0. The van der Waals surface area contributed by atoms with Gasteiger partial charge in [0.15, 0.2) is 0 Å². The lowest BCUT2D eigenvalue weighted by atomic mass is 9.93. The molecule has 1 saturated heterocycles. The number of piperidine rings is 1. The van der Waals surface area contributed by atoms with Gasteiger partial charge in [0.2, 0.25) is 0 Å². The minimum atomic E-state index is -0.709. The first-order valence-corrected chi connectivity index (χ1v) is 6.42. The second-order valence-electron chi connectivity index (χ2n) is 5.48. The molecule has 2 rings (SSSR count). The summed E-state index contributed by atoms with van der Waals surface area (Å²) in [6.45, 7) is 4.96. The van der Waals surface area contributed by atoms with Crippen LogP contribution in [0.2, 0.25) is 0 Å². The maximum atomic E-state index is 13.9. The van der Waals surface area contributed by atoms with Crippen molar-refractivity contribution in [2.45, 2.75) is 38.3 Å². The van der Waals surface area contributed by atoms with Gasteiger partial charge in [-0.2, -0.15) is 0 Å². The van der Waals surface area contributed by atoms with E-state index < -0.39 is 5.60 Å². The third-order valence-electron chi connectivity index (χ3n) is 3.50. The molecule has 1 aromatic carbocycles. The van der Waals surface area contributed by atoms with Crippen molar-refractivity contribution in [1.29, 1.82) is 0 Å². The molecule has 2 atom stereocenters. The normalized spacial score (nSPS) is 26.2. The van der Waals surface area contributed by atoms with Gasteiger partial charge >= 0.3 is 0 Å². The van der Waals surface area contributed by atoms with Gasteiger partial charge < -0.3 is 15.7 Å². The Bertz CT molecular complexity index is 432. The van der Waals surface area contributed by atoms with E-state index in [9.17, 15) is 9.50 Å².